The number of nitrogens with zero attached hydrogens (tertiary/aromatic N) is 4. The maximum Gasteiger partial charge on any atom is 0.276 e. The maximum absolute atomic E-state index is 13.1. The number of hydrogen-bond donors (Lipinski definition) is 0. The van der Waals surface area contributed by atoms with Crippen molar-refractivity contribution < 1.29 is 14.1 Å². The molecule has 3 rings (SSSR count). The number of likely N-dealkylation sites (N-methyl/N-ethyl adjacent to an activating group) is 1. The van der Waals surface area contributed by atoms with E-state index in [4.69, 9.17) is 4.52 Å². The van der Waals surface area contributed by atoms with E-state index < -0.39 is 0 Å². The summed E-state index contributed by atoms with van der Waals surface area (Å²) in [5.74, 6) is 0.769. The minimum Gasteiger partial charge on any atom is -0.355 e. The largest absolute Gasteiger partial charge is 0.355 e. The van der Waals surface area contributed by atoms with Gasteiger partial charge < -0.3 is 19.2 Å². The first kappa shape index (κ1) is 23.0. The number of carbonyl (C=O) groups excluding carboxylic acids is 2. The normalized spacial score (nSPS) is 14.8. The summed E-state index contributed by atoms with van der Waals surface area (Å²) in [6, 6.07) is 9.58. The summed E-state index contributed by atoms with van der Waals surface area (Å²) in [7, 11) is 0. The summed E-state index contributed by atoms with van der Waals surface area (Å²) in [6.07, 6.45) is 0.327. The van der Waals surface area contributed by atoms with E-state index in [1.54, 1.807) is 11.0 Å². The smallest absolute Gasteiger partial charge is 0.276 e. The molecule has 0 radical (unpaired) electrons. The second-order valence-electron chi connectivity index (χ2n) is 8.65. The highest BCUT2D eigenvalue weighted by Crippen LogP contribution is 2.21. The van der Waals surface area contributed by atoms with Crippen molar-refractivity contribution in [2.45, 2.75) is 34.1 Å². The van der Waals surface area contributed by atoms with Crippen molar-refractivity contribution >= 4 is 11.8 Å². The summed E-state index contributed by atoms with van der Waals surface area (Å²) in [5, 5.41) is 4.01. The fourth-order valence-corrected chi connectivity index (χ4v) is 3.81. The van der Waals surface area contributed by atoms with Crippen molar-refractivity contribution in [1.29, 1.82) is 0 Å². The second-order valence-corrected chi connectivity index (χ2v) is 8.65. The van der Waals surface area contributed by atoms with Gasteiger partial charge in [0.05, 0.1) is 0 Å². The summed E-state index contributed by atoms with van der Waals surface area (Å²) in [6.45, 7) is 13.6. The number of aromatic nitrogens is 1. The van der Waals surface area contributed by atoms with Gasteiger partial charge in [-0.3, -0.25) is 9.59 Å². The third kappa shape index (κ3) is 6.17. The monoisotopic (exact) mass is 426 g/mol. The van der Waals surface area contributed by atoms with Crippen molar-refractivity contribution in [3.8, 4) is 11.3 Å². The van der Waals surface area contributed by atoms with Gasteiger partial charge in [-0.25, -0.2) is 0 Å². The molecule has 2 aromatic rings. The number of benzene rings is 1. The van der Waals surface area contributed by atoms with Crippen LogP contribution >= 0.6 is 0 Å². The van der Waals surface area contributed by atoms with E-state index in [0.717, 1.165) is 43.9 Å². The van der Waals surface area contributed by atoms with Crippen LogP contribution in [-0.4, -0.2) is 77.5 Å². The predicted octanol–water partition coefficient (Wildman–Crippen LogP) is 3.30. The van der Waals surface area contributed by atoms with Crippen LogP contribution < -0.4 is 0 Å². The average Bonchev–Trinajstić information content (AvgIpc) is 3.26. The number of amides is 2. The number of rotatable bonds is 8. The first-order chi connectivity index (χ1) is 14.9. The Morgan fingerprint density at radius 1 is 1.13 bits per heavy atom. The van der Waals surface area contributed by atoms with E-state index in [9.17, 15) is 9.59 Å². The van der Waals surface area contributed by atoms with E-state index in [-0.39, 0.29) is 23.4 Å². The van der Waals surface area contributed by atoms with E-state index in [1.807, 2.05) is 36.1 Å². The lowest BCUT2D eigenvalue weighted by Crippen LogP contribution is -2.49. The molecule has 0 unspecified atom stereocenters. The molecule has 7 heteroatoms. The Morgan fingerprint density at radius 3 is 2.42 bits per heavy atom. The molecule has 1 saturated heterocycles. The van der Waals surface area contributed by atoms with Gasteiger partial charge in [0.25, 0.3) is 5.91 Å². The van der Waals surface area contributed by atoms with Gasteiger partial charge in [-0.2, -0.15) is 0 Å². The quantitative estimate of drug-likeness (QED) is 0.648. The molecule has 1 aliphatic rings. The van der Waals surface area contributed by atoms with E-state index in [2.05, 4.69) is 30.8 Å². The third-order valence-corrected chi connectivity index (χ3v) is 5.71. The Balaban J connectivity index is 1.63. The number of carbonyl (C=O) groups is 2. The van der Waals surface area contributed by atoms with Gasteiger partial charge in [-0.15, -0.1) is 0 Å². The fourth-order valence-electron chi connectivity index (χ4n) is 3.81. The molecular formula is C24H34N4O3. The van der Waals surface area contributed by atoms with E-state index >= 15 is 0 Å². The highest BCUT2D eigenvalue weighted by Gasteiger charge is 2.24. The Bertz CT molecular complexity index is 867. The van der Waals surface area contributed by atoms with Gasteiger partial charge in [0, 0.05) is 57.3 Å². The zero-order valence-electron chi connectivity index (χ0n) is 19.1. The average molecular weight is 427 g/mol. The summed E-state index contributed by atoms with van der Waals surface area (Å²) in [5.41, 5.74) is 2.32. The van der Waals surface area contributed by atoms with Crippen LogP contribution in [0.5, 0.6) is 0 Å². The molecule has 2 heterocycles. The molecule has 2 amide bonds. The summed E-state index contributed by atoms with van der Waals surface area (Å²) < 4.78 is 5.43. The van der Waals surface area contributed by atoms with Gasteiger partial charge in [0.15, 0.2) is 11.5 Å². The molecule has 1 aromatic carbocycles. The fraction of sp³-hybridized carbons (Fsp3) is 0.542. The van der Waals surface area contributed by atoms with Gasteiger partial charge in [0.2, 0.25) is 5.91 Å². The van der Waals surface area contributed by atoms with Crippen LogP contribution in [0.3, 0.4) is 0 Å². The molecule has 0 spiro atoms. The molecular weight excluding hydrogens is 392 g/mol. The molecule has 1 fully saturated rings. The molecule has 0 aliphatic carbocycles. The van der Waals surface area contributed by atoms with Crippen molar-refractivity contribution in [2.75, 3.05) is 45.8 Å². The Morgan fingerprint density at radius 2 is 1.81 bits per heavy atom. The summed E-state index contributed by atoms with van der Waals surface area (Å²) >= 11 is 0. The molecule has 31 heavy (non-hydrogen) atoms. The molecule has 1 aliphatic heterocycles. The van der Waals surface area contributed by atoms with Crippen LogP contribution in [0.4, 0.5) is 0 Å². The Hall–Kier alpha value is -2.67. The Kier molecular flexibility index (Phi) is 7.85. The minimum atomic E-state index is -0.195. The van der Waals surface area contributed by atoms with E-state index in [1.165, 1.54) is 0 Å². The molecule has 0 saturated carbocycles. The SMILES string of the molecule is CCN1CCN(C(=O)CCN(CC(C)C)C(=O)c2cc(-c3ccc(C)cc3)on2)CC1. The topological polar surface area (TPSA) is 69.9 Å². The highest BCUT2D eigenvalue weighted by atomic mass is 16.5. The number of hydrogen-bond acceptors (Lipinski definition) is 5. The first-order valence-electron chi connectivity index (χ1n) is 11.2. The molecule has 7 nitrogen and oxygen atoms in total. The van der Waals surface area contributed by atoms with Gasteiger partial charge >= 0.3 is 0 Å². The van der Waals surface area contributed by atoms with Crippen LogP contribution in [0.1, 0.15) is 43.2 Å². The molecule has 0 bridgehead atoms. The minimum absolute atomic E-state index is 0.109. The van der Waals surface area contributed by atoms with Crippen LogP contribution in [0, 0.1) is 12.8 Å². The van der Waals surface area contributed by atoms with Gasteiger partial charge in [-0.05, 0) is 19.4 Å². The van der Waals surface area contributed by atoms with Gasteiger partial charge in [-0.1, -0.05) is 55.8 Å². The first-order valence-corrected chi connectivity index (χ1v) is 11.2. The van der Waals surface area contributed by atoms with E-state index in [0.29, 0.717) is 25.3 Å². The van der Waals surface area contributed by atoms with Crippen LogP contribution in [-0.2, 0) is 4.79 Å². The highest BCUT2D eigenvalue weighted by molar-refractivity contribution is 5.93. The molecule has 0 atom stereocenters. The van der Waals surface area contributed by atoms with Crippen molar-refractivity contribution in [2.24, 2.45) is 5.92 Å². The van der Waals surface area contributed by atoms with Crippen molar-refractivity contribution in [3.63, 3.8) is 0 Å². The van der Waals surface area contributed by atoms with Gasteiger partial charge in [0.1, 0.15) is 0 Å². The lowest BCUT2D eigenvalue weighted by Gasteiger charge is -2.34. The standard InChI is InChI=1S/C24H34N4O3/c1-5-26-12-14-27(15-13-26)23(29)10-11-28(17-18(2)3)24(30)21-16-22(31-25-21)20-8-6-19(4)7-9-20/h6-9,16,18H,5,10-15,17H2,1-4H3. The van der Waals surface area contributed by atoms with Crippen LogP contribution in [0.15, 0.2) is 34.9 Å². The zero-order chi connectivity index (χ0) is 22.4. The second kappa shape index (κ2) is 10.6. The predicted molar refractivity (Wildman–Crippen MR) is 121 cm³/mol. The van der Waals surface area contributed by atoms with Crippen molar-refractivity contribution in [3.05, 3.63) is 41.6 Å². The lowest BCUT2D eigenvalue weighted by atomic mass is 10.1. The van der Waals surface area contributed by atoms with Crippen LogP contribution in [0.25, 0.3) is 11.3 Å². The lowest BCUT2D eigenvalue weighted by molar-refractivity contribution is -0.133. The molecule has 0 N–H and O–H groups in total. The third-order valence-electron chi connectivity index (χ3n) is 5.71. The number of aryl methyl sites for hydroxylation is 1. The maximum atomic E-state index is 13.1. The number of piperazine rings is 1. The zero-order valence-corrected chi connectivity index (χ0v) is 19.1. The molecule has 1 aromatic heterocycles. The Labute approximate surface area is 185 Å². The summed E-state index contributed by atoms with van der Waals surface area (Å²) in [4.78, 5) is 31.8. The molecule has 168 valence electrons. The van der Waals surface area contributed by atoms with Crippen LogP contribution in [0.2, 0.25) is 0 Å². The van der Waals surface area contributed by atoms with Crippen molar-refractivity contribution in [1.82, 2.24) is 19.9 Å².